The van der Waals surface area contributed by atoms with Crippen LogP contribution in [0.15, 0.2) is 71.8 Å². The summed E-state index contributed by atoms with van der Waals surface area (Å²) in [5, 5.41) is 16.4. The molecule has 0 spiro atoms. The van der Waals surface area contributed by atoms with Crippen LogP contribution in [0.1, 0.15) is 15.9 Å². The van der Waals surface area contributed by atoms with Gasteiger partial charge in [-0.3, -0.25) is 14.9 Å². The molecular formula is C18H13N3O3. The zero-order valence-corrected chi connectivity index (χ0v) is 12.5. The fraction of sp³-hybridized carbons (Fsp3) is 0. The number of hydrogen-bond acceptors (Lipinski definition) is 4. The summed E-state index contributed by atoms with van der Waals surface area (Å²) in [4.78, 5) is 22.5. The minimum absolute atomic E-state index is 0.0284. The van der Waals surface area contributed by atoms with Crippen LogP contribution in [-0.4, -0.2) is 17.0 Å². The van der Waals surface area contributed by atoms with E-state index in [1.807, 2.05) is 36.4 Å². The maximum atomic E-state index is 12.3. The van der Waals surface area contributed by atoms with Crippen LogP contribution >= 0.6 is 0 Å². The van der Waals surface area contributed by atoms with Crippen molar-refractivity contribution in [1.29, 1.82) is 0 Å². The number of nitrogens with one attached hydrogen (secondary N) is 1. The molecule has 3 aromatic carbocycles. The number of carbonyl (C=O) groups excluding carboxylic acids is 1. The van der Waals surface area contributed by atoms with E-state index in [4.69, 9.17) is 0 Å². The second kappa shape index (κ2) is 6.70. The van der Waals surface area contributed by atoms with Crippen LogP contribution in [0.2, 0.25) is 0 Å². The molecule has 24 heavy (non-hydrogen) atoms. The molecule has 6 heteroatoms. The average molecular weight is 319 g/mol. The Balaban J connectivity index is 1.78. The van der Waals surface area contributed by atoms with Gasteiger partial charge in [-0.15, -0.1) is 0 Å². The minimum atomic E-state index is -0.480. The Morgan fingerprint density at radius 3 is 2.62 bits per heavy atom. The largest absolute Gasteiger partial charge is 0.271 e. The van der Waals surface area contributed by atoms with E-state index in [-0.39, 0.29) is 11.6 Å². The van der Waals surface area contributed by atoms with Crippen LogP contribution in [0.25, 0.3) is 10.8 Å². The molecule has 0 heterocycles. The van der Waals surface area contributed by atoms with Gasteiger partial charge in [-0.2, -0.15) is 5.10 Å². The lowest BCUT2D eigenvalue weighted by molar-refractivity contribution is -0.384. The number of nitrogens with zero attached hydrogens (tertiary/aromatic N) is 2. The van der Waals surface area contributed by atoms with Gasteiger partial charge >= 0.3 is 0 Å². The fourth-order valence-corrected chi connectivity index (χ4v) is 2.37. The first-order chi connectivity index (χ1) is 11.6. The summed E-state index contributed by atoms with van der Waals surface area (Å²) in [5.41, 5.74) is 3.47. The first-order valence-electron chi connectivity index (χ1n) is 7.21. The van der Waals surface area contributed by atoms with Gasteiger partial charge < -0.3 is 0 Å². The van der Waals surface area contributed by atoms with Crippen LogP contribution in [0.4, 0.5) is 5.69 Å². The highest BCUT2D eigenvalue weighted by molar-refractivity contribution is 6.07. The van der Waals surface area contributed by atoms with Crippen molar-refractivity contribution in [2.45, 2.75) is 0 Å². The van der Waals surface area contributed by atoms with Crippen molar-refractivity contribution < 1.29 is 9.72 Å². The number of rotatable bonds is 4. The van der Waals surface area contributed by atoms with Gasteiger partial charge in [0, 0.05) is 23.3 Å². The summed E-state index contributed by atoms with van der Waals surface area (Å²) in [6.07, 6.45) is 1.37. The first kappa shape index (κ1) is 15.4. The van der Waals surface area contributed by atoms with Gasteiger partial charge in [0.2, 0.25) is 0 Å². The smallest absolute Gasteiger partial charge is 0.267 e. The van der Waals surface area contributed by atoms with Crippen LogP contribution in [0.5, 0.6) is 0 Å². The maximum absolute atomic E-state index is 12.3. The van der Waals surface area contributed by atoms with E-state index in [1.165, 1.54) is 18.3 Å². The third-order valence-electron chi connectivity index (χ3n) is 3.50. The van der Waals surface area contributed by atoms with E-state index in [9.17, 15) is 14.9 Å². The standard InChI is InChI=1S/C18H13N3O3/c22-18(17-10-4-7-14-6-1-2-9-16(14)17)20-19-12-13-5-3-8-15(11-13)21(23)24/h1-12H,(H,20,22)/b19-12+. The summed E-state index contributed by atoms with van der Waals surface area (Å²) < 4.78 is 0. The van der Waals surface area contributed by atoms with E-state index in [2.05, 4.69) is 10.5 Å². The number of carbonyl (C=O) groups is 1. The van der Waals surface area contributed by atoms with E-state index in [0.29, 0.717) is 11.1 Å². The highest BCUT2D eigenvalue weighted by atomic mass is 16.6. The molecular weight excluding hydrogens is 306 g/mol. The van der Waals surface area contributed by atoms with Crippen LogP contribution in [0, 0.1) is 10.1 Å². The van der Waals surface area contributed by atoms with Crippen molar-refractivity contribution >= 4 is 28.6 Å². The molecule has 0 atom stereocenters. The molecule has 0 radical (unpaired) electrons. The number of hydrazone groups is 1. The molecule has 1 N–H and O–H groups in total. The molecule has 0 saturated carbocycles. The predicted molar refractivity (Wildman–Crippen MR) is 92.1 cm³/mol. The van der Waals surface area contributed by atoms with Crippen molar-refractivity contribution in [3.8, 4) is 0 Å². The van der Waals surface area contributed by atoms with Crippen molar-refractivity contribution in [3.05, 3.63) is 88.0 Å². The molecule has 0 aliphatic rings. The maximum Gasteiger partial charge on any atom is 0.271 e. The Bertz CT molecular complexity index is 946. The van der Waals surface area contributed by atoms with Crippen molar-refractivity contribution in [2.75, 3.05) is 0 Å². The van der Waals surface area contributed by atoms with Gasteiger partial charge in [-0.05, 0) is 16.8 Å². The van der Waals surface area contributed by atoms with Gasteiger partial charge in [-0.1, -0.05) is 48.5 Å². The highest BCUT2D eigenvalue weighted by Gasteiger charge is 2.08. The molecule has 118 valence electrons. The Morgan fingerprint density at radius 2 is 1.79 bits per heavy atom. The quantitative estimate of drug-likeness (QED) is 0.453. The SMILES string of the molecule is O=C(N/N=C/c1cccc([N+](=O)[O-])c1)c1cccc2ccccc12. The lowest BCUT2D eigenvalue weighted by Crippen LogP contribution is -2.17. The molecule has 0 aliphatic heterocycles. The number of hydrogen-bond donors (Lipinski definition) is 1. The molecule has 0 unspecified atom stereocenters. The lowest BCUT2D eigenvalue weighted by atomic mass is 10.0. The van der Waals surface area contributed by atoms with Crippen molar-refractivity contribution in [2.24, 2.45) is 5.10 Å². The second-order valence-electron chi connectivity index (χ2n) is 5.08. The van der Waals surface area contributed by atoms with Crippen molar-refractivity contribution in [1.82, 2.24) is 5.43 Å². The number of amides is 1. The molecule has 3 rings (SSSR count). The summed E-state index contributed by atoms with van der Waals surface area (Å²) >= 11 is 0. The molecule has 0 aliphatic carbocycles. The molecule has 0 bridgehead atoms. The Morgan fingerprint density at radius 1 is 1.04 bits per heavy atom. The Kier molecular flexibility index (Phi) is 4.29. The minimum Gasteiger partial charge on any atom is -0.267 e. The van der Waals surface area contributed by atoms with Gasteiger partial charge in [0.1, 0.15) is 0 Å². The number of nitro benzene ring substituents is 1. The molecule has 6 nitrogen and oxygen atoms in total. The third kappa shape index (κ3) is 3.27. The zero-order valence-electron chi connectivity index (χ0n) is 12.5. The monoisotopic (exact) mass is 319 g/mol. The summed E-state index contributed by atoms with van der Waals surface area (Å²) in [6, 6.07) is 19.0. The molecule has 0 saturated heterocycles. The Labute approximate surface area is 137 Å². The number of nitro groups is 1. The van der Waals surface area contributed by atoms with Crippen molar-refractivity contribution in [3.63, 3.8) is 0 Å². The topological polar surface area (TPSA) is 84.6 Å². The highest BCUT2D eigenvalue weighted by Crippen LogP contribution is 2.18. The summed E-state index contributed by atoms with van der Waals surface area (Å²) in [7, 11) is 0. The van der Waals surface area contributed by atoms with Gasteiger partial charge in [0.05, 0.1) is 11.1 Å². The number of fused-ring (bicyclic) bond motifs is 1. The van der Waals surface area contributed by atoms with Crippen LogP contribution in [-0.2, 0) is 0 Å². The number of non-ortho nitro benzene ring substituents is 1. The second-order valence-corrected chi connectivity index (χ2v) is 5.08. The van der Waals surface area contributed by atoms with Gasteiger partial charge in [0.25, 0.3) is 11.6 Å². The average Bonchev–Trinajstić information content (AvgIpc) is 2.61. The lowest BCUT2D eigenvalue weighted by Gasteiger charge is -2.04. The van der Waals surface area contributed by atoms with E-state index < -0.39 is 4.92 Å². The fourth-order valence-electron chi connectivity index (χ4n) is 2.37. The third-order valence-corrected chi connectivity index (χ3v) is 3.50. The zero-order chi connectivity index (χ0) is 16.9. The van der Waals surface area contributed by atoms with Gasteiger partial charge in [-0.25, -0.2) is 5.43 Å². The van der Waals surface area contributed by atoms with E-state index in [0.717, 1.165) is 10.8 Å². The summed E-state index contributed by atoms with van der Waals surface area (Å²) in [5.74, 6) is -0.339. The molecule has 1 amide bonds. The van der Waals surface area contributed by atoms with Crippen LogP contribution in [0.3, 0.4) is 0 Å². The molecule has 0 fully saturated rings. The first-order valence-corrected chi connectivity index (χ1v) is 7.21. The van der Waals surface area contributed by atoms with E-state index in [1.54, 1.807) is 18.2 Å². The predicted octanol–water partition coefficient (Wildman–Crippen LogP) is 3.51. The number of benzene rings is 3. The molecule has 3 aromatic rings. The van der Waals surface area contributed by atoms with Crippen LogP contribution < -0.4 is 5.43 Å². The Hall–Kier alpha value is -3.54. The van der Waals surface area contributed by atoms with E-state index >= 15 is 0 Å². The normalized spacial score (nSPS) is 10.8. The summed E-state index contributed by atoms with van der Waals surface area (Å²) in [6.45, 7) is 0. The van der Waals surface area contributed by atoms with Gasteiger partial charge in [0.15, 0.2) is 0 Å². The molecule has 0 aromatic heterocycles.